The maximum Gasteiger partial charge on any atom is 0.508 e. The van der Waals surface area contributed by atoms with Gasteiger partial charge in [-0.25, -0.2) is 9.59 Å². The lowest BCUT2D eigenvalue weighted by Gasteiger charge is -2.26. The monoisotopic (exact) mass is 316 g/mol. The minimum Gasteiger partial charge on any atom is -0.438 e. The van der Waals surface area contributed by atoms with Crippen LogP contribution in [0.1, 0.15) is 19.8 Å². The Balaban J connectivity index is 2.04. The second-order valence-electron chi connectivity index (χ2n) is 4.83. The van der Waals surface area contributed by atoms with Crippen molar-refractivity contribution in [1.82, 2.24) is 0 Å². The molecule has 0 N–H and O–H groups in total. The van der Waals surface area contributed by atoms with E-state index in [4.69, 9.17) is 23.7 Å². The van der Waals surface area contributed by atoms with Crippen molar-refractivity contribution < 1.29 is 38.0 Å². The molecule has 0 saturated carbocycles. The standard InChI is InChI=1S/C14H20O8/c1-3-18-14(16)22-10-5-4-9(21-13(15)17-2)6-11-12(7-10)20-8-19-11/h4-5,9-12H,3,6-8H2,1-2H3/b5-4+. The maximum atomic E-state index is 11.5. The number of hydrogen-bond acceptors (Lipinski definition) is 8. The van der Waals surface area contributed by atoms with Gasteiger partial charge in [0.05, 0.1) is 25.9 Å². The highest BCUT2D eigenvalue weighted by Gasteiger charge is 2.36. The molecule has 1 fully saturated rings. The van der Waals surface area contributed by atoms with Crippen LogP contribution in [0.5, 0.6) is 0 Å². The zero-order valence-corrected chi connectivity index (χ0v) is 12.6. The highest BCUT2D eigenvalue weighted by molar-refractivity contribution is 5.60. The van der Waals surface area contributed by atoms with Crippen LogP contribution in [0.25, 0.3) is 0 Å². The molecule has 1 aliphatic carbocycles. The molecule has 1 heterocycles. The van der Waals surface area contributed by atoms with Gasteiger partial charge in [-0.2, -0.15) is 0 Å². The van der Waals surface area contributed by atoms with Gasteiger partial charge in [0.25, 0.3) is 0 Å². The van der Waals surface area contributed by atoms with Crippen molar-refractivity contribution in [3.8, 4) is 0 Å². The zero-order chi connectivity index (χ0) is 15.9. The molecular formula is C14H20O8. The van der Waals surface area contributed by atoms with Gasteiger partial charge < -0.3 is 28.4 Å². The molecule has 2 aliphatic rings. The SMILES string of the molecule is CCOC(=O)OC1/C=C/C(OC(=O)OC)CC2OCOC2C1. The number of rotatable bonds is 3. The minimum absolute atomic E-state index is 0.159. The molecule has 1 saturated heterocycles. The molecule has 4 atom stereocenters. The van der Waals surface area contributed by atoms with E-state index in [0.29, 0.717) is 12.8 Å². The molecule has 8 nitrogen and oxygen atoms in total. The molecule has 0 spiro atoms. The fraction of sp³-hybridized carbons (Fsp3) is 0.714. The average molecular weight is 316 g/mol. The van der Waals surface area contributed by atoms with Crippen LogP contribution in [-0.4, -0.2) is 57.2 Å². The fourth-order valence-corrected chi connectivity index (χ4v) is 2.35. The first-order valence-corrected chi connectivity index (χ1v) is 7.12. The summed E-state index contributed by atoms with van der Waals surface area (Å²) in [6.45, 7) is 2.08. The van der Waals surface area contributed by atoms with Gasteiger partial charge in [0.15, 0.2) is 0 Å². The smallest absolute Gasteiger partial charge is 0.438 e. The molecular weight excluding hydrogens is 296 g/mol. The molecule has 0 radical (unpaired) electrons. The average Bonchev–Trinajstić information content (AvgIpc) is 2.89. The molecule has 0 bridgehead atoms. The topological polar surface area (TPSA) is 89.5 Å². The number of carbonyl (C=O) groups excluding carboxylic acids is 2. The molecule has 0 amide bonds. The minimum atomic E-state index is -0.784. The third-order valence-corrected chi connectivity index (χ3v) is 3.37. The Labute approximate surface area is 128 Å². The Morgan fingerprint density at radius 2 is 1.59 bits per heavy atom. The van der Waals surface area contributed by atoms with Gasteiger partial charge in [0.2, 0.25) is 0 Å². The van der Waals surface area contributed by atoms with E-state index in [-0.39, 0.29) is 25.6 Å². The van der Waals surface area contributed by atoms with Crippen molar-refractivity contribution in [3.63, 3.8) is 0 Å². The molecule has 1 aliphatic heterocycles. The van der Waals surface area contributed by atoms with Crippen molar-refractivity contribution in [2.45, 2.75) is 44.2 Å². The van der Waals surface area contributed by atoms with Gasteiger partial charge in [-0.05, 0) is 19.1 Å². The highest BCUT2D eigenvalue weighted by atomic mass is 16.7. The summed E-state index contributed by atoms with van der Waals surface area (Å²) in [5, 5.41) is 0. The Morgan fingerprint density at radius 3 is 2.09 bits per heavy atom. The van der Waals surface area contributed by atoms with Gasteiger partial charge in [-0.3, -0.25) is 0 Å². The Kier molecular flexibility index (Phi) is 6.02. The van der Waals surface area contributed by atoms with Gasteiger partial charge in [-0.1, -0.05) is 0 Å². The number of carbonyl (C=O) groups is 2. The molecule has 8 heteroatoms. The number of fused-ring (bicyclic) bond motifs is 1. The zero-order valence-electron chi connectivity index (χ0n) is 12.6. The second kappa shape index (κ2) is 8.00. The lowest BCUT2D eigenvalue weighted by Crippen LogP contribution is -2.35. The Hall–Kier alpha value is -1.80. The van der Waals surface area contributed by atoms with Crippen LogP contribution in [-0.2, 0) is 28.4 Å². The van der Waals surface area contributed by atoms with Crippen LogP contribution in [0, 0.1) is 0 Å². The fourth-order valence-electron chi connectivity index (χ4n) is 2.35. The lowest BCUT2D eigenvalue weighted by molar-refractivity contribution is 0.00386. The van der Waals surface area contributed by atoms with Crippen molar-refractivity contribution in [2.75, 3.05) is 20.5 Å². The van der Waals surface area contributed by atoms with E-state index in [9.17, 15) is 9.59 Å². The van der Waals surface area contributed by atoms with Gasteiger partial charge in [-0.15, -0.1) is 0 Å². The van der Waals surface area contributed by atoms with Crippen molar-refractivity contribution >= 4 is 12.3 Å². The van der Waals surface area contributed by atoms with E-state index in [1.165, 1.54) is 7.11 Å². The molecule has 0 aromatic rings. The first-order chi connectivity index (χ1) is 10.6. The first-order valence-electron chi connectivity index (χ1n) is 7.12. The van der Waals surface area contributed by atoms with Crippen LogP contribution in [0.2, 0.25) is 0 Å². The Morgan fingerprint density at radius 1 is 1.05 bits per heavy atom. The second-order valence-corrected chi connectivity index (χ2v) is 4.83. The van der Waals surface area contributed by atoms with Crippen LogP contribution in [0.15, 0.2) is 12.2 Å². The van der Waals surface area contributed by atoms with Gasteiger partial charge >= 0.3 is 12.3 Å². The summed E-state index contributed by atoms with van der Waals surface area (Å²) in [6.07, 6.45) is 1.09. The van der Waals surface area contributed by atoms with E-state index in [1.54, 1.807) is 19.1 Å². The summed E-state index contributed by atoms with van der Waals surface area (Å²) in [7, 11) is 1.24. The number of hydrogen-bond donors (Lipinski definition) is 0. The first kappa shape index (κ1) is 16.6. The predicted molar refractivity (Wildman–Crippen MR) is 72.2 cm³/mol. The van der Waals surface area contributed by atoms with Crippen molar-refractivity contribution in [2.24, 2.45) is 0 Å². The quantitative estimate of drug-likeness (QED) is 0.575. The van der Waals surface area contributed by atoms with E-state index >= 15 is 0 Å². The molecule has 0 aromatic carbocycles. The van der Waals surface area contributed by atoms with E-state index < -0.39 is 24.5 Å². The molecule has 0 aromatic heterocycles. The summed E-state index contributed by atoms with van der Waals surface area (Å²) in [4.78, 5) is 22.7. The normalized spacial score (nSPS) is 32.1. The summed E-state index contributed by atoms with van der Waals surface area (Å²) in [5.74, 6) is 0. The molecule has 124 valence electrons. The summed E-state index contributed by atoms with van der Waals surface area (Å²) in [5.41, 5.74) is 0. The van der Waals surface area contributed by atoms with Crippen molar-refractivity contribution in [3.05, 3.63) is 12.2 Å². The van der Waals surface area contributed by atoms with E-state index in [1.807, 2.05) is 0 Å². The van der Waals surface area contributed by atoms with E-state index in [2.05, 4.69) is 4.74 Å². The third-order valence-electron chi connectivity index (χ3n) is 3.37. The predicted octanol–water partition coefficient (Wildman–Crippen LogP) is 1.77. The number of methoxy groups -OCH3 is 1. The van der Waals surface area contributed by atoms with Crippen LogP contribution < -0.4 is 0 Å². The summed E-state index contributed by atoms with van der Waals surface area (Å²) >= 11 is 0. The third kappa shape index (κ3) is 4.60. The highest BCUT2D eigenvalue weighted by Crippen LogP contribution is 2.27. The van der Waals surface area contributed by atoms with Crippen LogP contribution in [0.3, 0.4) is 0 Å². The Bertz CT molecular complexity index is 421. The van der Waals surface area contributed by atoms with E-state index in [0.717, 1.165) is 0 Å². The summed E-state index contributed by atoms with van der Waals surface area (Å²) in [6, 6.07) is 0. The maximum absolute atomic E-state index is 11.5. The van der Waals surface area contributed by atoms with Crippen LogP contribution >= 0.6 is 0 Å². The number of ether oxygens (including phenoxy) is 6. The van der Waals surface area contributed by atoms with Gasteiger partial charge in [0.1, 0.15) is 19.0 Å². The lowest BCUT2D eigenvalue weighted by atomic mass is 9.97. The molecule has 4 unspecified atom stereocenters. The molecule has 22 heavy (non-hydrogen) atoms. The summed E-state index contributed by atoms with van der Waals surface area (Å²) < 4.78 is 30.5. The van der Waals surface area contributed by atoms with Crippen LogP contribution in [0.4, 0.5) is 9.59 Å². The van der Waals surface area contributed by atoms with Gasteiger partial charge in [0, 0.05) is 12.8 Å². The van der Waals surface area contributed by atoms with Crippen molar-refractivity contribution in [1.29, 1.82) is 0 Å². The molecule has 2 rings (SSSR count). The largest absolute Gasteiger partial charge is 0.508 e.